The Morgan fingerprint density at radius 1 is 1.33 bits per heavy atom. The van der Waals surface area contributed by atoms with Crippen LogP contribution in [0, 0.1) is 17.2 Å². The fourth-order valence-corrected chi connectivity index (χ4v) is 2.99. The molecule has 0 aromatic heterocycles. The summed E-state index contributed by atoms with van der Waals surface area (Å²) in [6.07, 6.45) is 1.14. The van der Waals surface area contributed by atoms with Crippen LogP contribution in [0.3, 0.4) is 0 Å². The van der Waals surface area contributed by atoms with Gasteiger partial charge in [-0.2, -0.15) is 0 Å². The van der Waals surface area contributed by atoms with Crippen LogP contribution in [0.2, 0.25) is 0 Å². The van der Waals surface area contributed by atoms with Crippen molar-refractivity contribution >= 4 is 33.6 Å². The molecular formula is C17H24BrFN2O3. The molecule has 3 N–H and O–H groups in total. The zero-order valence-corrected chi connectivity index (χ0v) is 15.9. The van der Waals surface area contributed by atoms with E-state index >= 15 is 0 Å². The molecule has 1 aromatic carbocycles. The van der Waals surface area contributed by atoms with Crippen molar-refractivity contribution in [1.82, 2.24) is 5.32 Å². The zero-order valence-electron chi connectivity index (χ0n) is 14.3. The van der Waals surface area contributed by atoms with Gasteiger partial charge >= 0.3 is 12.0 Å². The molecule has 2 amide bonds. The van der Waals surface area contributed by atoms with Crippen molar-refractivity contribution in [3.05, 3.63) is 28.5 Å². The maximum atomic E-state index is 13.7. The molecule has 0 heterocycles. The SMILES string of the molecule is CC(C[C@H](NC(=O)Nc1ccc(Br)cc1F)C(=O)O)CC(C)(C)C. The molecule has 2 atom stereocenters. The second-order valence-electron chi connectivity index (χ2n) is 7.22. The van der Waals surface area contributed by atoms with Crippen molar-refractivity contribution in [2.75, 3.05) is 5.32 Å². The number of amides is 2. The van der Waals surface area contributed by atoms with E-state index in [0.29, 0.717) is 10.9 Å². The molecular weight excluding hydrogens is 379 g/mol. The molecule has 0 bridgehead atoms. The predicted molar refractivity (Wildman–Crippen MR) is 95.5 cm³/mol. The molecule has 1 unspecified atom stereocenters. The third kappa shape index (κ3) is 7.29. The molecule has 0 aliphatic heterocycles. The first-order valence-electron chi connectivity index (χ1n) is 7.73. The van der Waals surface area contributed by atoms with Crippen LogP contribution in [-0.4, -0.2) is 23.1 Å². The summed E-state index contributed by atoms with van der Waals surface area (Å²) in [7, 11) is 0. The van der Waals surface area contributed by atoms with Gasteiger partial charge in [-0.1, -0.05) is 43.6 Å². The van der Waals surface area contributed by atoms with Crippen LogP contribution in [0.1, 0.15) is 40.5 Å². The van der Waals surface area contributed by atoms with E-state index in [2.05, 4.69) is 47.3 Å². The lowest BCUT2D eigenvalue weighted by atomic mass is 9.83. The van der Waals surface area contributed by atoms with Gasteiger partial charge in [-0.25, -0.2) is 14.0 Å². The zero-order chi connectivity index (χ0) is 18.5. The van der Waals surface area contributed by atoms with Gasteiger partial charge in [0.25, 0.3) is 0 Å². The van der Waals surface area contributed by atoms with Gasteiger partial charge in [0.2, 0.25) is 0 Å². The number of urea groups is 1. The van der Waals surface area contributed by atoms with Gasteiger partial charge < -0.3 is 15.7 Å². The van der Waals surface area contributed by atoms with Gasteiger partial charge in [-0.15, -0.1) is 0 Å². The average Bonchev–Trinajstić information content (AvgIpc) is 2.39. The van der Waals surface area contributed by atoms with Gasteiger partial charge in [-0.3, -0.25) is 0 Å². The van der Waals surface area contributed by atoms with Crippen LogP contribution in [0.5, 0.6) is 0 Å². The summed E-state index contributed by atoms with van der Waals surface area (Å²) >= 11 is 3.13. The number of rotatable bonds is 6. The number of carbonyl (C=O) groups excluding carboxylic acids is 1. The van der Waals surface area contributed by atoms with Gasteiger partial charge in [0.05, 0.1) is 5.69 Å². The summed E-state index contributed by atoms with van der Waals surface area (Å²) in [6.45, 7) is 8.19. The molecule has 0 saturated carbocycles. The molecule has 0 aliphatic carbocycles. The minimum absolute atomic E-state index is 0.0115. The number of carboxylic acid groups (broad SMARTS) is 1. The second-order valence-corrected chi connectivity index (χ2v) is 8.13. The van der Waals surface area contributed by atoms with Gasteiger partial charge in [-0.05, 0) is 42.4 Å². The van der Waals surface area contributed by atoms with Crippen molar-refractivity contribution < 1.29 is 19.1 Å². The Bertz CT molecular complexity index is 602. The summed E-state index contributed by atoms with van der Waals surface area (Å²) in [5.74, 6) is -1.59. The van der Waals surface area contributed by atoms with E-state index in [-0.39, 0.29) is 17.0 Å². The molecule has 134 valence electrons. The molecule has 1 rings (SSSR count). The van der Waals surface area contributed by atoms with Crippen LogP contribution < -0.4 is 10.6 Å². The largest absolute Gasteiger partial charge is 0.480 e. The fraction of sp³-hybridized carbons (Fsp3) is 0.529. The number of hydrogen-bond donors (Lipinski definition) is 3. The third-order valence-corrected chi connectivity index (χ3v) is 3.87. The quantitative estimate of drug-likeness (QED) is 0.648. The van der Waals surface area contributed by atoms with E-state index in [4.69, 9.17) is 0 Å². The topological polar surface area (TPSA) is 78.4 Å². The monoisotopic (exact) mass is 402 g/mol. The van der Waals surface area contributed by atoms with Crippen molar-refractivity contribution in [2.45, 2.75) is 46.6 Å². The van der Waals surface area contributed by atoms with E-state index in [9.17, 15) is 19.1 Å². The van der Waals surface area contributed by atoms with Crippen LogP contribution in [0.25, 0.3) is 0 Å². The predicted octanol–water partition coefficient (Wildman–Crippen LogP) is 4.63. The van der Waals surface area contributed by atoms with E-state index in [0.717, 1.165) is 6.42 Å². The lowest BCUT2D eigenvalue weighted by Gasteiger charge is -2.25. The Morgan fingerprint density at radius 2 is 1.96 bits per heavy atom. The number of halogens is 2. The third-order valence-electron chi connectivity index (χ3n) is 3.38. The summed E-state index contributed by atoms with van der Waals surface area (Å²) in [5, 5.41) is 14.0. The van der Waals surface area contributed by atoms with Crippen LogP contribution in [0.4, 0.5) is 14.9 Å². The number of nitrogens with one attached hydrogen (secondary N) is 2. The normalized spacial score (nSPS) is 13.9. The van der Waals surface area contributed by atoms with E-state index in [1.54, 1.807) is 6.07 Å². The molecule has 1 aromatic rings. The molecule has 5 nitrogen and oxygen atoms in total. The highest BCUT2D eigenvalue weighted by molar-refractivity contribution is 9.10. The number of carbonyl (C=O) groups is 2. The molecule has 7 heteroatoms. The number of carboxylic acids is 1. The van der Waals surface area contributed by atoms with Crippen molar-refractivity contribution in [3.63, 3.8) is 0 Å². The van der Waals surface area contributed by atoms with Gasteiger partial charge in [0.15, 0.2) is 0 Å². The maximum absolute atomic E-state index is 13.7. The maximum Gasteiger partial charge on any atom is 0.326 e. The molecule has 0 aliphatic rings. The first kappa shape index (κ1) is 20.4. The highest BCUT2D eigenvalue weighted by Gasteiger charge is 2.25. The smallest absolute Gasteiger partial charge is 0.326 e. The van der Waals surface area contributed by atoms with Crippen LogP contribution in [-0.2, 0) is 4.79 Å². The second kappa shape index (κ2) is 8.46. The minimum atomic E-state index is -1.11. The Kier molecular flexibility index (Phi) is 7.20. The Hall–Kier alpha value is -1.63. The standard InChI is InChI=1S/C17H24BrFN2O3/c1-10(9-17(2,3)4)7-14(15(22)23)21-16(24)20-13-6-5-11(18)8-12(13)19/h5-6,8,10,14H,7,9H2,1-4H3,(H,22,23)(H2,20,21,24)/t10?,14-/m0/s1. The lowest BCUT2D eigenvalue weighted by Crippen LogP contribution is -2.44. The molecule has 0 radical (unpaired) electrons. The van der Waals surface area contributed by atoms with E-state index in [1.165, 1.54) is 12.1 Å². The summed E-state index contributed by atoms with van der Waals surface area (Å²) in [5.41, 5.74) is 0.0632. The number of aliphatic carboxylic acids is 1. The van der Waals surface area contributed by atoms with Crippen molar-refractivity contribution in [2.24, 2.45) is 11.3 Å². The molecule has 0 spiro atoms. The fourth-order valence-electron chi connectivity index (χ4n) is 2.66. The average molecular weight is 403 g/mol. The van der Waals surface area contributed by atoms with E-state index < -0.39 is 23.9 Å². The number of anilines is 1. The van der Waals surface area contributed by atoms with Crippen molar-refractivity contribution in [3.8, 4) is 0 Å². The first-order valence-corrected chi connectivity index (χ1v) is 8.52. The summed E-state index contributed by atoms with van der Waals surface area (Å²) < 4.78 is 14.3. The summed E-state index contributed by atoms with van der Waals surface area (Å²) in [6, 6.07) is 2.43. The Labute approximate surface area is 150 Å². The van der Waals surface area contributed by atoms with Gasteiger partial charge in [0.1, 0.15) is 11.9 Å². The number of benzene rings is 1. The highest BCUT2D eigenvalue weighted by atomic mass is 79.9. The van der Waals surface area contributed by atoms with Crippen LogP contribution >= 0.6 is 15.9 Å². The lowest BCUT2D eigenvalue weighted by molar-refractivity contribution is -0.139. The highest BCUT2D eigenvalue weighted by Crippen LogP contribution is 2.27. The summed E-state index contributed by atoms with van der Waals surface area (Å²) in [4.78, 5) is 23.3. The Balaban J connectivity index is 2.67. The van der Waals surface area contributed by atoms with Crippen LogP contribution in [0.15, 0.2) is 22.7 Å². The van der Waals surface area contributed by atoms with Gasteiger partial charge in [0, 0.05) is 4.47 Å². The minimum Gasteiger partial charge on any atom is -0.480 e. The molecule has 0 fully saturated rings. The first-order chi connectivity index (χ1) is 11.0. The molecule has 24 heavy (non-hydrogen) atoms. The number of hydrogen-bond acceptors (Lipinski definition) is 2. The van der Waals surface area contributed by atoms with E-state index in [1.807, 2.05) is 6.92 Å². The van der Waals surface area contributed by atoms with Crippen molar-refractivity contribution in [1.29, 1.82) is 0 Å². The molecule has 0 saturated heterocycles. The Morgan fingerprint density at radius 3 is 2.46 bits per heavy atom.